The van der Waals surface area contributed by atoms with Gasteiger partial charge < -0.3 is 5.73 Å². The van der Waals surface area contributed by atoms with Gasteiger partial charge in [-0.2, -0.15) is 0 Å². The summed E-state index contributed by atoms with van der Waals surface area (Å²) in [4.78, 5) is 15.6. The van der Waals surface area contributed by atoms with Crippen LogP contribution in [0, 0.1) is 5.82 Å². The number of primary amides is 1. The number of thiazole rings is 1. The molecule has 2 aromatic carbocycles. The number of halogens is 1. The summed E-state index contributed by atoms with van der Waals surface area (Å²) in [6.45, 7) is 0. The highest BCUT2D eigenvalue weighted by molar-refractivity contribution is 7.21. The van der Waals surface area contributed by atoms with E-state index in [0.29, 0.717) is 5.56 Å². The third kappa shape index (κ3) is 2.20. The van der Waals surface area contributed by atoms with Crippen molar-refractivity contribution < 1.29 is 9.18 Å². The highest BCUT2D eigenvalue weighted by atomic mass is 32.1. The number of aromatic nitrogens is 1. The maximum Gasteiger partial charge on any atom is 0.248 e. The van der Waals surface area contributed by atoms with Crippen LogP contribution in [-0.2, 0) is 0 Å². The molecule has 0 saturated carbocycles. The number of rotatable bonds is 2. The largest absolute Gasteiger partial charge is 0.366 e. The van der Waals surface area contributed by atoms with Crippen LogP contribution in [0.4, 0.5) is 4.39 Å². The fourth-order valence-corrected chi connectivity index (χ4v) is 2.81. The quantitative estimate of drug-likeness (QED) is 0.778. The predicted octanol–water partition coefficient (Wildman–Crippen LogP) is 3.20. The number of amides is 1. The van der Waals surface area contributed by atoms with Gasteiger partial charge in [-0.05, 0) is 30.3 Å². The second kappa shape index (κ2) is 4.44. The van der Waals surface area contributed by atoms with Gasteiger partial charge in [0, 0.05) is 11.1 Å². The van der Waals surface area contributed by atoms with Crippen molar-refractivity contribution >= 4 is 27.5 Å². The van der Waals surface area contributed by atoms with Crippen LogP contribution in [-0.4, -0.2) is 10.9 Å². The first-order chi connectivity index (χ1) is 9.13. The molecule has 5 heteroatoms. The lowest BCUT2D eigenvalue weighted by Gasteiger charge is -1.98. The van der Waals surface area contributed by atoms with Crippen molar-refractivity contribution in [3.8, 4) is 10.6 Å². The van der Waals surface area contributed by atoms with Crippen molar-refractivity contribution in [2.24, 2.45) is 5.73 Å². The second-order valence-electron chi connectivity index (χ2n) is 4.08. The predicted molar refractivity (Wildman–Crippen MR) is 73.5 cm³/mol. The normalized spacial score (nSPS) is 10.8. The van der Waals surface area contributed by atoms with Gasteiger partial charge in [0.25, 0.3) is 0 Å². The molecule has 0 unspecified atom stereocenters. The molecule has 2 N–H and O–H groups in total. The van der Waals surface area contributed by atoms with E-state index in [0.717, 1.165) is 20.8 Å². The Bertz CT molecular complexity index is 782. The molecular formula is C14H9FN2OS. The average Bonchev–Trinajstić information content (AvgIpc) is 2.81. The van der Waals surface area contributed by atoms with Crippen molar-refractivity contribution in [1.29, 1.82) is 0 Å². The van der Waals surface area contributed by atoms with E-state index in [1.54, 1.807) is 24.3 Å². The number of hydrogen-bond acceptors (Lipinski definition) is 3. The molecular weight excluding hydrogens is 263 g/mol. The number of carbonyl (C=O) groups is 1. The summed E-state index contributed by atoms with van der Waals surface area (Å²) in [5.74, 6) is -0.761. The molecule has 19 heavy (non-hydrogen) atoms. The van der Waals surface area contributed by atoms with Crippen molar-refractivity contribution in [1.82, 2.24) is 4.98 Å². The summed E-state index contributed by atoms with van der Waals surface area (Å²) >= 11 is 1.38. The minimum atomic E-state index is -0.478. The van der Waals surface area contributed by atoms with Crippen molar-refractivity contribution in [2.45, 2.75) is 0 Å². The first kappa shape index (κ1) is 11.8. The van der Waals surface area contributed by atoms with E-state index in [1.807, 2.05) is 6.07 Å². The van der Waals surface area contributed by atoms with Crippen LogP contribution >= 0.6 is 11.3 Å². The van der Waals surface area contributed by atoms with Crippen molar-refractivity contribution in [3.05, 3.63) is 53.8 Å². The molecule has 1 aromatic heterocycles. The summed E-state index contributed by atoms with van der Waals surface area (Å²) in [5, 5.41) is 0.740. The molecule has 0 bridgehead atoms. The summed E-state index contributed by atoms with van der Waals surface area (Å²) in [6, 6.07) is 11.4. The second-order valence-corrected chi connectivity index (χ2v) is 5.11. The van der Waals surface area contributed by atoms with Crippen LogP contribution < -0.4 is 5.73 Å². The third-order valence-electron chi connectivity index (χ3n) is 2.74. The standard InChI is InChI=1S/C14H9FN2OS/c15-10-4-5-11-12(7-10)19-14(17-11)9-3-1-2-8(6-9)13(16)18/h1-7H,(H2,16,18). The molecule has 0 aliphatic rings. The molecule has 0 saturated heterocycles. The van der Waals surface area contributed by atoms with Crippen molar-refractivity contribution in [2.75, 3.05) is 0 Å². The van der Waals surface area contributed by atoms with Gasteiger partial charge in [-0.1, -0.05) is 12.1 Å². The highest BCUT2D eigenvalue weighted by Crippen LogP contribution is 2.30. The zero-order valence-corrected chi connectivity index (χ0v) is 10.6. The lowest BCUT2D eigenvalue weighted by molar-refractivity contribution is 0.100. The highest BCUT2D eigenvalue weighted by Gasteiger charge is 2.09. The third-order valence-corrected chi connectivity index (χ3v) is 3.81. The lowest BCUT2D eigenvalue weighted by Crippen LogP contribution is -2.10. The Morgan fingerprint density at radius 2 is 2.05 bits per heavy atom. The first-order valence-electron chi connectivity index (χ1n) is 5.60. The minimum absolute atomic E-state index is 0.284. The van der Waals surface area contributed by atoms with Crippen molar-refractivity contribution in [3.63, 3.8) is 0 Å². The Morgan fingerprint density at radius 1 is 1.21 bits per heavy atom. The number of fused-ring (bicyclic) bond motifs is 1. The maximum absolute atomic E-state index is 13.1. The molecule has 0 radical (unpaired) electrons. The van der Waals surface area contributed by atoms with E-state index in [1.165, 1.54) is 23.5 Å². The van der Waals surface area contributed by atoms with E-state index in [-0.39, 0.29) is 5.82 Å². The van der Waals surface area contributed by atoms with Crippen LogP contribution in [0.3, 0.4) is 0 Å². The van der Waals surface area contributed by atoms with Crippen LogP contribution in [0.2, 0.25) is 0 Å². The number of hydrogen-bond donors (Lipinski definition) is 1. The van der Waals surface area contributed by atoms with Crippen LogP contribution in [0.5, 0.6) is 0 Å². The Hall–Kier alpha value is -2.27. The number of nitrogens with two attached hydrogens (primary N) is 1. The molecule has 94 valence electrons. The monoisotopic (exact) mass is 272 g/mol. The summed E-state index contributed by atoms with van der Waals surface area (Å²) < 4.78 is 13.9. The van der Waals surface area contributed by atoms with Crippen LogP contribution in [0.25, 0.3) is 20.8 Å². The summed E-state index contributed by atoms with van der Waals surface area (Å²) in [6.07, 6.45) is 0. The molecule has 3 rings (SSSR count). The van der Waals surface area contributed by atoms with E-state index in [4.69, 9.17) is 5.73 Å². The molecule has 3 nitrogen and oxygen atoms in total. The summed E-state index contributed by atoms with van der Waals surface area (Å²) in [7, 11) is 0. The van der Waals surface area contributed by atoms with Crippen LogP contribution in [0.1, 0.15) is 10.4 Å². The maximum atomic E-state index is 13.1. The summed E-state index contributed by atoms with van der Waals surface area (Å²) in [5.41, 5.74) is 7.23. The Balaban J connectivity index is 2.13. The van der Waals surface area contributed by atoms with Gasteiger partial charge in [-0.25, -0.2) is 9.37 Å². The molecule has 0 fully saturated rings. The molecule has 0 aliphatic heterocycles. The fraction of sp³-hybridized carbons (Fsp3) is 0. The van der Waals surface area contributed by atoms with Gasteiger partial charge in [0.2, 0.25) is 5.91 Å². The van der Waals surface area contributed by atoms with Gasteiger partial charge in [0.1, 0.15) is 10.8 Å². The lowest BCUT2D eigenvalue weighted by atomic mass is 10.1. The molecule has 0 atom stereocenters. The number of benzene rings is 2. The first-order valence-corrected chi connectivity index (χ1v) is 6.41. The van der Waals surface area contributed by atoms with Gasteiger partial charge in [0.15, 0.2) is 0 Å². The molecule has 0 aliphatic carbocycles. The molecule has 0 spiro atoms. The number of carbonyl (C=O) groups excluding carboxylic acids is 1. The molecule has 1 amide bonds. The Labute approximate surface area is 112 Å². The van der Waals surface area contributed by atoms with Gasteiger partial charge in [-0.15, -0.1) is 11.3 Å². The SMILES string of the molecule is NC(=O)c1cccc(-c2nc3ccc(F)cc3s2)c1. The van der Waals surface area contributed by atoms with Gasteiger partial charge >= 0.3 is 0 Å². The van der Waals surface area contributed by atoms with Gasteiger partial charge in [0.05, 0.1) is 10.2 Å². The van der Waals surface area contributed by atoms with E-state index >= 15 is 0 Å². The van der Waals surface area contributed by atoms with E-state index in [9.17, 15) is 9.18 Å². The van der Waals surface area contributed by atoms with E-state index in [2.05, 4.69) is 4.98 Å². The van der Waals surface area contributed by atoms with Crippen LogP contribution in [0.15, 0.2) is 42.5 Å². The Kier molecular flexibility index (Phi) is 2.76. The zero-order chi connectivity index (χ0) is 13.4. The molecule has 1 heterocycles. The minimum Gasteiger partial charge on any atom is -0.366 e. The van der Waals surface area contributed by atoms with Gasteiger partial charge in [-0.3, -0.25) is 4.79 Å². The fourth-order valence-electron chi connectivity index (χ4n) is 1.83. The average molecular weight is 272 g/mol. The number of nitrogens with zero attached hydrogens (tertiary/aromatic N) is 1. The topological polar surface area (TPSA) is 56.0 Å². The zero-order valence-electron chi connectivity index (χ0n) is 9.76. The van der Waals surface area contributed by atoms with E-state index < -0.39 is 5.91 Å². The molecule has 3 aromatic rings. The Morgan fingerprint density at radius 3 is 2.84 bits per heavy atom. The smallest absolute Gasteiger partial charge is 0.248 e.